The van der Waals surface area contributed by atoms with Crippen LogP contribution < -0.4 is 10.2 Å². The fourth-order valence-corrected chi connectivity index (χ4v) is 6.90. The SMILES string of the molecule is CCc1ccccc1NC(=O)COC(=O)c1ccc(N2C(=O)[C@@H]3[C@@H]4C[C@@H]([C@@H]3C2=O)[C@@H](c2ccccc2)C4)cc1. The number of hydrogen-bond acceptors (Lipinski definition) is 5. The lowest BCUT2D eigenvalue weighted by Gasteiger charge is -2.28. The van der Waals surface area contributed by atoms with Gasteiger partial charge in [-0.3, -0.25) is 19.3 Å². The Morgan fingerprint density at radius 3 is 2.31 bits per heavy atom. The smallest absolute Gasteiger partial charge is 0.338 e. The summed E-state index contributed by atoms with van der Waals surface area (Å²) >= 11 is 0. The van der Waals surface area contributed by atoms with Crippen LogP contribution in [0.25, 0.3) is 0 Å². The van der Waals surface area contributed by atoms with Crippen molar-refractivity contribution < 1.29 is 23.9 Å². The molecule has 2 bridgehead atoms. The van der Waals surface area contributed by atoms with Crippen LogP contribution >= 0.6 is 0 Å². The summed E-state index contributed by atoms with van der Waals surface area (Å²) in [6.45, 7) is 1.58. The Morgan fingerprint density at radius 1 is 0.872 bits per heavy atom. The van der Waals surface area contributed by atoms with Gasteiger partial charge in [0, 0.05) is 5.69 Å². The molecule has 1 N–H and O–H groups in total. The summed E-state index contributed by atoms with van der Waals surface area (Å²) in [4.78, 5) is 53.1. The number of ether oxygens (including phenoxy) is 1. The van der Waals surface area contributed by atoms with Gasteiger partial charge in [-0.25, -0.2) is 4.79 Å². The van der Waals surface area contributed by atoms with Gasteiger partial charge in [0.25, 0.3) is 5.91 Å². The topological polar surface area (TPSA) is 92.8 Å². The number of carbonyl (C=O) groups excluding carboxylic acids is 4. The number of rotatable bonds is 7. The van der Waals surface area contributed by atoms with Gasteiger partial charge in [-0.2, -0.15) is 0 Å². The van der Waals surface area contributed by atoms with Gasteiger partial charge in [0.1, 0.15) is 0 Å². The van der Waals surface area contributed by atoms with Crippen molar-refractivity contribution in [3.8, 4) is 0 Å². The van der Waals surface area contributed by atoms with Crippen LogP contribution in [0.1, 0.15) is 47.2 Å². The second-order valence-corrected chi connectivity index (χ2v) is 10.7. The first-order chi connectivity index (χ1) is 19.0. The largest absolute Gasteiger partial charge is 0.452 e. The van der Waals surface area contributed by atoms with Crippen LogP contribution in [0.2, 0.25) is 0 Å². The third-order valence-electron chi connectivity index (χ3n) is 8.61. The number of hydrogen-bond donors (Lipinski definition) is 1. The number of nitrogens with zero attached hydrogens (tertiary/aromatic N) is 1. The molecular formula is C32H30N2O5. The number of aryl methyl sites for hydroxylation is 1. The van der Waals surface area contributed by atoms with E-state index in [0.717, 1.165) is 24.8 Å². The number of imide groups is 1. The molecule has 1 aliphatic heterocycles. The number of anilines is 2. The van der Waals surface area contributed by atoms with E-state index in [2.05, 4.69) is 17.4 Å². The molecule has 39 heavy (non-hydrogen) atoms. The molecule has 0 unspecified atom stereocenters. The molecule has 3 amide bonds. The molecule has 1 saturated heterocycles. The lowest BCUT2D eigenvalue weighted by molar-refractivity contribution is -0.123. The number of fused-ring (bicyclic) bond motifs is 5. The molecule has 7 heteroatoms. The molecule has 198 valence electrons. The molecule has 3 aromatic rings. The minimum atomic E-state index is -0.653. The summed E-state index contributed by atoms with van der Waals surface area (Å²) in [7, 11) is 0. The van der Waals surface area contributed by atoms with E-state index < -0.39 is 18.5 Å². The fourth-order valence-electron chi connectivity index (χ4n) is 6.90. The highest BCUT2D eigenvalue weighted by Gasteiger charge is 2.64. The zero-order valence-electron chi connectivity index (χ0n) is 21.7. The summed E-state index contributed by atoms with van der Waals surface area (Å²) in [5.41, 5.74) is 3.63. The molecule has 1 heterocycles. The number of carbonyl (C=O) groups is 4. The predicted octanol–water partition coefficient (Wildman–Crippen LogP) is 4.97. The molecule has 2 aliphatic carbocycles. The Hall–Kier alpha value is -4.26. The molecule has 0 aromatic heterocycles. The van der Waals surface area contributed by atoms with Gasteiger partial charge in [-0.1, -0.05) is 55.5 Å². The van der Waals surface area contributed by atoms with E-state index in [0.29, 0.717) is 17.3 Å². The molecule has 2 saturated carbocycles. The van der Waals surface area contributed by atoms with E-state index in [1.54, 1.807) is 18.2 Å². The second kappa shape index (κ2) is 10.1. The molecule has 5 atom stereocenters. The Bertz CT molecular complexity index is 1430. The lowest BCUT2D eigenvalue weighted by Crippen LogP contribution is -2.33. The molecule has 3 aromatic carbocycles. The predicted molar refractivity (Wildman–Crippen MR) is 146 cm³/mol. The van der Waals surface area contributed by atoms with Crippen LogP contribution in [0.15, 0.2) is 78.9 Å². The maximum atomic E-state index is 13.5. The van der Waals surface area contributed by atoms with E-state index in [1.807, 2.05) is 43.3 Å². The first-order valence-corrected chi connectivity index (χ1v) is 13.5. The Kier molecular flexibility index (Phi) is 6.51. The van der Waals surface area contributed by atoms with Gasteiger partial charge < -0.3 is 10.1 Å². The average Bonchev–Trinajstić information content (AvgIpc) is 3.64. The van der Waals surface area contributed by atoms with Gasteiger partial charge in [-0.05, 0) is 78.5 Å². The van der Waals surface area contributed by atoms with Crippen molar-refractivity contribution >= 4 is 35.1 Å². The summed E-state index contributed by atoms with van der Waals surface area (Å²) in [6.07, 6.45) is 2.62. The van der Waals surface area contributed by atoms with Crippen molar-refractivity contribution in [2.24, 2.45) is 23.7 Å². The van der Waals surface area contributed by atoms with Gasteiger partial charge >= 0.3 is 5.97 Å². The minimum Gasteiger partial charge on any atom is -0.452 e. The summed E-state index contributed by atoms with van der Waals surface area (Å²) in [6, 6.07) is 24.0. The van der Waals surface area contributed by atoms with E-state index >= 15 is 0 Å². The molecule has 3 fully saturated rings. The Morgan fingerprint density at radius 2 is 1.56 bits per heavy atom. The number of para-hydroxylation sites is 1. The van der Waals surface area contributed by atoms with Crippen molar-refractivity contribution in [2.75, 3.05) is 16.8 Å². The van der Waals surface area contributed by atoms with Crippen LogP contribution in [0.3, 0.4) is 0 Å². The van der Waals surface area contributed by atoms with Crippen molar-refractivity contribution in [1.82, 2.24) is 0 Å². The van der Waals surface area contributed by atoms with Crippen LogP contribution in [0.4, 0.5) is 11.4 Å². The first-order valence-electron chi connectivity index (χ1n) is 13.5. The second-order valence-electron chi connectivity index (χ2n) is 10.7. The quantitative estimate of drug-likeness (QED) is 0.349. The zero-order valence-corrected chi connectivity index (χ0v) is 21.7. The van der Waals surface area contributed by atoms with Crippen molar-refractivity contribution in [3.63, 3.8) is 0 Å². The van der Waals surface area contributed by atoms with Crippen LogP contribution in [-0.2, 0) is 25.5 Å². The highest BCUT2D eigenvalue weighted by molar-refractivity contribution is 6.22. The average molecular weight is 523 g/mol. The lowest BCUT2D eigenvalue weighted by atomic mass is 9.73. The highest BCUT2D eigenvalue weighted by atomic mass is 16.5. The highest BCUT2D eigenvalue weighted by Crippen LogP contribution is 2.61. The van der Waals surface area contributed by atoms with E-state index in [1.165, 1.54) is 22.6 Å². The van der Waals surface area contributed by atoms with Crippen LogP contribution in [0.5, 0.6) is 0 Å². The molecule has 0 radical (unpaired) electrons. The minimum absolute atomic E-state index is 0.136. The number of amides is 3. The molecular weight excluding hydrogens is 492 g/mol. The molecule has 7 nitrogen and oxygen atoms in total. The normalized spacial score (nSPS) is 25.1. The molecule has 0 spiro atoms. The van der Waals surface area contributed by atoms with E-state index in [9.17, 15) is 19.2 Å². The monoisotopic (exact) mass is 522 g/mol. The summed E-state index contributed by atoms with van der Waals surface area (Å²) in [5, 5.41) is 2.77. The first kappa shape index (κ1) is 25.0. The fraction of sp³-hybridized carbons (Fsp3) is 0.312. The van der Waals surface area contributed by atoms with Crippen LogP contribution in [0, 0.1) is 23.7 Å². The third-order valence-corrected chi connectivity index (χ3v) is 8.61. The van der Waals surface area contributed by atoms with Gasteiger partial charge in [0.2, 0.25) is 11.8 Å². The number of nitrogens with one attached hydrogen (secondary N) is 1. The van der Waals surface area contributed by atoms with Crippen molar-refractivity contribution in [2.45, 2.75) is 32.1 Å². The molecule has 3 aliphatic rings. The standard InChI is InChI=1S/C32H30N2O5/c1-2-19-8-6-7-11-26(19)33-27(35)18-39-32(38)21-12-14-23(15-13-21)34-30(36)28-22-16-24(20-9-4-3-5-10-20)25(17-22)29(28)31(34)37/h3-15,22,24-25,28-29H,2,16-18H2,1H3,(H,33,35)/t22-,24+,25+,28+,29-/m0/s1. The number of benzene rings is 3. The van der Waals surface area contributed by atoms with E-state index in [-0.39, 0.29) is 41.0 Å². The maximum Gasteiger partial charge on any atom is 0.338 e. The van der Waals surface area contributed by atoms with Crippen molar-refractivity contribution in [3.05, 3.63) is 95.6 Å². The summed E-state index contributed by atoms with van der Waals surface area (Å²) < 4.78 is 5.20. The maximum absolute atomic E-state index is 13.5. The van der Waals surface area contributed by atoms with E-state index in [4.69, 9.17) is 4.74 Å². The summed E-state index contributed by atoms with van der Waals surface area (Å²) in [5.74, 6) is -1.21. The Balaban J connectivity index is 1.10. The third kappa shape index (κ3) is 4.42. The van der Waals surface area contributed by atoms with Crippen molar-refractivity contribution in [1.29, 1.82) is 0 Å². The van der Waals surface area contributed by atoms with Gasteiger partial charge in [-0.15, -0.1) is 0 Å². The van der Waals surface area contributed by atoms with Gasteiger partial charge in [0.15, 0.2) is 6.61 Å². The van der Waals surface area contributed by atoms with Crippen LogP contribution in [-0.4, -0.2) is 30.3 Å². The molecule has 6 rings (SSSR count). The zero-order chi connectivity index (χ0) is 27.1. The Labute approximate surface area is 227 Å². The number of esters is 1. The van der Waals surface area contributed by atoms with Gasteiger partial charge in [0.05, 0.1) is 23.1 Å².